The quantitative estimate of drug-likeness (QED) is 0.787. The summed E-state index contributed by atoms with van der Waals surface area (Å²) in [7, 11) is -3.82. The molecule has 0 aliphatic carbocycles. The minimum absolute atomic E-state index is 0.00418. The van der Waals surface area contributed by atoms with Crippen molar-refractivity contribution in [3.63, 3.8) is 0 Å². The molecule has 1 amide bonds. The Bertz CT molecular complexity index is 800. The molecule has 3 saturated heterocycles. The van der Waals surface area contributed by atoms with Crippen LogP contribution in [0, 0.1) is 0 Å². The van der Waals surface area contributed by atoms with E-state index in [4.69, 9.17) is 27.9 Å². The van der Waals surface area contributed by atoms with Crippen LogP contribution < -0.4 is 0 Å². The first-order valence-corrected chi connectivity index (χ1v) is 9.47. The van der Waals surface area contributed by atoms with Crippen LogP contribution in [0.3, 0.4) is 0 Å². The maximum atomic E-state index is 13.0. The molecule has 0 N–H and O–H groups in total. The largest absolute Gasteiger partial charge is 0.352 e. The highest BCUT2D eigenvalue weighted by molar-refractivity contribution is 7.89. The average molecular weight is 377 g/mol. The highest BCUT2D eigenvalue weighted by atomic mass is 35.5. The summed E-state index contributed by atoms with van der Waals surface area (Å²) >= 11 is 11.9. The summed E-state index contributed by atoms with van der Waals surface area (Å²) in [4.78, 5) is 13.8. The van der Waals surface area contributed by atoms with E-state index in [9.17, 15) is 13.2 Å². The van der Waals surface area contributed by atoms with E-state index < -0.39 is 21.8 Å². The lowest BCUT2D eigenvalue weighted by atomic mass is 10.1. The van der Waals surface area contributed by atoms with E-state index in [0.29, 0.717) is 31.1 Å². The summed E-state index contributed by atoms with van der Waals surface area (Å²) in [6, 6.07) is 3.79. The van der Waals surface area contributed by atoms with Gasteiger partial charge >= 0.3 is 0 Å². The smallest absolute Gasteiger partial charge is 0.244 e. The molecule has 2 atom stereocenters. The SMILES string of the molecule is O=C1C[C@H]2N(S(=O)(=O)c3ccc(Cl)cc3Cl)CC[C@]23OCCN13. The van der Waals surface area contributed by atoms with Crippen LogP contribution in [0.4, 0.5) is 0 Å². The van der Waals surface area contributed by atoms with E-state index in [-0.39, 0.29) is 22.2 Å². The number of ether oxygens (including phenoxy) is 1. The van der Waals surface area contributed by atoms with Crippen molar-refractivity contribution in [1.82, 2.24) is 9.21 Å². The second-order valence-corrected chi connectivity index (χ2v) is 8.60. The molecule has 23 heavy (non-hydrogen) atoms. The fraction of sp³-hybridized carbons (Fsp3) is 0.500. The molecule has 6 nitrogen and oxygen atoms in total. The van der Waals surface area contributed by atoms with E-state index >= 15 is 0 Å². The third-order valence-electron chi connectivity index (χ3n) is 4.83. The summed E-state index contributed by atoms with van der Waals surface area (Å²) < 4.78 is 33.2. The predicted molar refractivity (Wildman–Crippen MR) is 83.8 cm³/mol. The van der Waals surface area contributed by atoms with Crippen LogP contribution in [0.25, 0.3) is 0 Å². The molecule has 0 aromatic heterocycles. The molecule has 3 fully saturated rings. The van der Waals surface area contributed by atoms with Gasteiger partial charge < -0.3 is 9.64 Å². The summed E-state index contributed by atoms with van der Waals surface area (Å²) in [5.41, 5.74) is -0.803. The molecular weight excluding hydrogens is 363 g/mol. The number of amides is 1. The van der Waals surface area contributed by atoms with Gasteiger partial charge in [-0.15, -0.1) is 0 Å². The zero-order chi connectivity index (χ0) is 16.4. The first kappa shape index (κ1) is 15.7. The Balaban J connectivity index is 1.75. The van der Waals surface area contributed by atoms with Crippen LogP contribution in [0.1, 0.15) is 12.8 Å². The molecule has 124 valence electrons. The van der Waals surface area contributed by atoms with Crippen molar-refractivity contribution in [3.05, 3.63) is 28.2 Å². The Hall–Kier alpha value is -0.860. The van der Waals surface area contributed by atoms with Crippen molar-refractivity contribution in [2.45, 2.75) is 29.5 Å². The van der Waals surface area contributed by atoms with Gasteiger partial charge in [-0.2, -0.15) is 4.31 Å². The molecule has 3 aliphatic rings. The maximum Gasteiger partial charge on any atom is 0.244 e. The van der Waals surface area contributed by atoms with Crippen LogP contribution in [-0.4, -0.2) is 55.0 Å². The maximum absolute atomic E-state index is 13.0. The highest BCUT2D eigenvalue weighted by Gasteiger charge is 2.64. The summed E-state index contributed by atoms with van der Waals surface area (Å²) in [6.07, 6.45) is 0.623. The van der Waals surface area contributed by atoms with Crippen LogP contribution in [0.15, 0.2) is 23.1 Å². The van der Waals surface area contributed by atoms with E-state index in [1.165, 1.54) is 22.5 Å². The van der Waals surface area contributed by atoms with Gasteiger partial charge in [0.2, 0.25) is 15.9 Å². The van der Waals surface area contributed by atoms with Crippen molar-refractivity contribution in [3.8, 4) is 0 Å². The molecule has 0 bridgehead atoms. The zero-order valence-corrected chi connectivity index (χ0v) is 14.4. The number of sulfonamides is 1. The third kappa shape index (κ3) is 2.07. The predicted octanol–water partition coefficient (Wildman–Crippen LogP) is 1.72. The number of carbonyl (C=O) groups is 1. The Morgan fingerprint density at radius 1 is 1.26 bits per heavy atom. The molecule has 0 saturated carbocycles. The monoisotopic (exact) mass is 376 g/mol. The van der Waals surface area contributed by atoms with Gasteiger partial charge in [-0.25, -0.2) is 8.42 Å². The number of rotatable bonds is 2. The van der Waals surface area contributed by atoms with E-state index in [0.717, 1.165) is 0 Å². The van der Waals surface area contributed by atoms with Gasteiger partial charge in [0.25, 0.3) is 0 Å². The second kappa shape index (κ2) is 5.07. The van der Waals surface area contributed by atoms with Gasteiger partial charge in [0, 0.05) is 31.0 Å². The van der Waals surface area contributed by atoms with Gasteiger partial charge in [0.05, 0.1) is 17.7 Å². The molecule has 0 radical (unpaired) electrons. The van der Waals surface area contributed by atoms with Crippen molar-refractivity contribution in [2.24, 2.45) is 0 Å². The van der Waals surface area contributed by atoms with Gasteiger partial charge in [0.1, 0.15) is 4.90 Å². The van der Waals surface area contributed by atoms with Gasteiger partial charge in [-0.3, -0.25) is 4.79 Å². The van der Waals surface area contributed by atoms with Gasteiger partial charge in [0.15, 0.2) is 5.72 Å². The third-order valence-corrected chi connectivity index (χ3v) is 7.46. The molecule has 3 heterocycles. The number of hydrogen-bond acceptors (Lipinski definition) is 4. The first-order valence-electron chi connectivity index (χ1n) is 7.27. The van der Waals surface area contributed by atoms with Crippen LogP contribution in [-0.2, 0) is 19.6 Å². The number of carbonyl (C=O) groups excluding carboxylic acids is 1. The molecule has 3 aliphatic heterocycles. The van der Waals surface area contributed by atoms with Crippen molar-refractivity contribution in [2.75, 3.05) is 19.7 Å². The van der Waals surface area contributed by atoms with E-state index in [1.807, 2.05) is 0 Å². The number of hydrogen-bond donors (Lipinski definition) is 0. The number of nitrogens with zero attached hydrogens (tertiary/aromatic N) is 2. The Morgan fingerprint density at radius 2 is 2.04 bits per heavy atom. The fourth-order valence-electron chi connectivity index (χ4n) is 3.85. The molecule has 1 spiro atoms. The number of halogens is 2. The fourth-order valence-corrected chi connectivity index (χ4v) is 6.26. The lowest BCUT2D eigenvalue weighted by Crippen LogP contribution is -2.48. The lowest BCUT2D eigenvalue weighted by molar-refractivity contribution is -0.136. The van der Waals surface area contributed by atoms with E-state index in [2.05, 4.69) is 0 Å². The summed E-state index contributed by atoms with van der Waals surface area (Å²) in [5, 5.41) is 0.445. The first-order chi connectivity index (χ1) is 10.9. The second-order valence-electron chi connectivity index (χ2n) is 5.90. The van der Waals surface area contributed by atoms with Crippen LogP contribution in [0.5, 0.6) is 0 Å². The average Bonchev–Trinajstić information content (AvgIpc) is 3.10. The minimum atomic E-state index is -3.82. The molecule has 9 heteroatoms. The number of benzene rings is 1. The lowest BCUT2D eigenvalue weighted by Gasteiger charge is -2.31. The van der Waals surface area contributed by atoms with Crippen LogP contribution in [0.2, 0.25) is 10.0 Å². The normalized spacial score (nSPS) is 30.8. The Kier molecular flexibility index (Phi) is 3.45. The molecule has 0 unspecified atom stereocenters. The topological polar surface area (TPSA) is 66.9 Å². The van der Waals surface area contributed by atoms with Crippen molar-refractivity contribution >= 4 is 39.1 Å². The highest BCUT2D eigenvalue weighted by Crippen LogP contribution is 2.47. The summed E-state index contributed by atoms with van der Waals surface area (Å²) in [5.74, 6) is -0.0606. The minimum Gasteiger partial charge on any atom is -0.352 e. The summed E-state index contributed by atoms with van der Waals surface area (Å²) in [6.45, 7) is 1.26. The molecule has 4 rings (SSSR count). The molecule has 1 aromatic rings. The Morgan fingerprint density at radius 3 is 2.78 bits per heavy atom. The Labute approximate surface area is 143 Å². The van der Waals surface area contributed by atoms with Gasteiger partial charge in [-0.05, 0) is 18.2 Å². The molecular formula is C14H14Cl2N2O4S. The van der Waals surface area contributed by atoms with Crippen molar-refractivity contribution < 1.29 is 17.9 Å². The van der Waals surface area contributed by atoms with Crippen molar-refractivity contribution in [1.29, 1.82) is 0 Å². The van der Waals surface area contributed by atoms with E-state index in [1.54, 1.807) is 4.90 Å². The van der Waals surface area contributed by atoms with Gasteiger partial charge in [-0.1, -0.05) is 23.2 Å². The standard InChI is InChI=1S/C14H14Cl2N2O4S/c15-9-1-2-11(10(16)7-9)23(20,21)18-4-3-14-12(18)8-13(19)17(14)5-6-22-14/h1-2,7,12H,3-6,8H2/t12-,14+/m1/s1. The van der Waals surface area contributed by atoms with Crippen LogP contribution >= 0.6 is 23.2 Å². The molecule has 1 aromatic carbocycles. The zero-order valence-electron chi connectivity index (χ0n) is 12.0.